The number of aromatic nitrogens is 1. The number of allylic oxidation sites excluding steroid dienone is 4. The first-order chi connectivity index (χ1) is 22.2. The number of piperazine rings is 1. The Bertz CT molecular complexity index is 1830. The lowest BCUT2D eigenvalue weighted by Crippen LogP contribution is -2.56. The van der Waals surface area contributed by atoms with Crippen LogP contribution in [0.2, 0.25) is 0 Å². The predicted molar refractivity (Wildman–Crippen MR) is 177 cm³/mol. The molecular weight excluding hydrogens is 600 g/mol. The number of likely N-dealkylation sites (N-methyl/N-ethyl adjacent to an activating group) is 1. The molecule has 4 atom stereocenters. The third-order valence-corrected chi connectivity index (χ3v) is 12.8. The van der Waals surface area contributed by atoms with Gasteiger partial charge in [0.25, 0.3) is 5.91 Å². The van der Waals surface area contributed by atoms with E-state index in [-0.39, 0.29) is 35.6 Å². The van der Waals surface area contributed by atoms with Crippen molar-refractivity contribution >= 4 is 32.7 Å². The molecule has 4 heterocycles. The second kappa shape index (κ2) is 11.1. The van der Waals surface area contributed by atoms with E-state index in [4.69, 9.17) is 4.74 Å². The molecule has 0 radical (unpaired) electrons. The van der Waals surface area contributed by atoms with Gasteiger partial charge in [-0.1, -0.05) is 37.5 Å². The molecule has 3 aliphatic heterocycles. The molecule has 8 rings (SSSR count). The molecule has 3 unspecified atom stereocenters. The van der Waals surface area contributed by atoms with Gasteiger partial charge in [-0.15, -0.1) is 0 Å². The first kappa shape index (κ1) is 30.0. The Balaban J connectivity index is 1.30. The second-order valence-corrected chi connectivity index (χ2v) is 16.2. The number of carbonyl (C=O) groups excluding carboxylic acids is 2. The van der Waals surface area contributed by atoms with Gasteiger partial charge >= 0.3 is 0 Å². The van der Waals surface area contributed by atoms with Crippen LogP contribution in [0.15, 0.2) is 52.6 Å². The molecule has 244 valence electrons. The van der Waals surface area contributed by atoms with Crippen molar-refractivity contribution in [3.05, 3.63) is 63.9 Å². The van der Waals surface area contributed by atoms with Gasteiger partial charge < -0.3 is 19.1 Å². The van der Waals surface area contributed by atoms with E-state index in [0.717, 1.165) is 77.8 Å². The molecule has 9 nitrogen and oxygen atoms in total. The third-order valence-electron chi connectivity index (χ3n) is 11.6. The number of likely N-dealkylation sites (tertiary alicyclic amines) is 1. The van der Waals surface area contributed by atoms with Gasteiger partial charge in [-0.2, -0.15) is 0 Å². The minimum atomic E-state index is -3.73. The molecule has 2 saturated heterocycles. The molecule has 10 heteroatoms. The van der Waals surface area contributed by atoms with Crippen LogP contribution in [-0.4, -0.2) is 79.7 Å². The number of rotatable bonds is 6. The summed E-state index contributed by atoms with van der Waals surface area (Å²) in [6.45, 7) is 3.78. The molecule has 3 fully saturated rings. The van der Waals surface area contributed by atoms with Crippen molar-refractivity contribution in [2.24, 2.45) is 5.92 Å². The number of hydrogen-bond acceptors (Lipinski definition) is 6. The third kappa shape index (κ3) is 4.69. The fraction of sp³-hybridized carbons (Fsp3) is 0.556. The van der Waals surface area contributed by atoms with Crippen molar-refractivity contribution in [2.45, 2.75) is 88.8 Å². The summed E-state index contributed by atoms with van der Waals surface area (Å²) in [6, 6.07) is 7.01. The van der Waals surface area contributed by atoms with E-state index in [1.54, 1.807) is 7.11 Å². The molecule has 3 aliphatic carbocycles. The van der Waals surface area contributed by atoms with Crippen LogP contribution in [-0.2, 0) is 26.2 Å². The Morgan fingerprint density at radius 2 is 1.78 bits per heavy atom. The highest BCUT2D eigenvalue weighted by molar-refractivity contribution is 7.90. The quantitative estimate of drug-likeness (QED) is 0.488. The predicted octanol–water partition coefficient (Wildman–Crippen LogP) is 4.75. The molecule has 2 amide bonds. The molecule has 46 heavy (non-hydrogen) atoms. The van der Waals surface area contributed by atoms with Gasteiger partial charge in [0, 0.05) is 48.7 Å². The molecule has 2 aromatic rings. The molecule has 1 saturated carbocycles. The van der Waals surface area contributed by atoms with Gasteiger partial charge in [-0.3, -0.25) is 9.59 Å². The average molecular weight is 645 g/mol. The summed E-state index contributed by atoms with van der Waals surface area (Å²) in [5.74, 6) is 0.144. The van der Waals surface area contributed by atoms with Gasteiger partial charge in [0.1, 0.15) is 5.75 Å². The number of fused-ring (bicyclic) bond motifs is 8. The van der Waals surface area contributed by atoms with Crippen molar-refractivity contribution in [1.29, 1.82) is 0 Å². The topological polar surface area (TPSA) is 101 Å². The monoisotopic (exact) mass is 644 g/mol. The second-order valence-electron chi connectivity index (χ2n) is 14.2. The SMILES string of the molecule is CCS(=O)(=O)NC(=O)C1=C2Cn3c(cc4c(OC)ccc(C5CCCCC5)c43)C3C(=C21)C=CC[C@H]3C(=O)N1C2CCC1CN(C)C2. The lowest BCUT2D eigenvalue weighted by atomic mass is 9.75. The fourth-order valence-corrected chi connectivity index (χ4v) is 9.97. The van der Waals surface area contributed by atoms with Crippen molar-refractivity contribution < 1.29 is 22.7 Å². The van der Waals surface area contributed by atoms with Crippen molar-refractivity contribution in [2.75, 3.05) is 33.0 Å². The Morgan fingerprint density at radius 1 is 1.04 bits per heavy atom. The van der Waals surface area contributed by atoms with Crippen LogP contribution in [0.5, 0.6) is 5.75 Å². The highest BCUT2D eigenvalue weighted by Crippen LogP contribution is 2.55. The molecule has 1 aromatic carbocycles. The Kier molecular flexibility index (Phi) is 7.25. The van der Waals surface area contributed by atoms with Crippen molar-refractivity contribution in [3.8, 4) is 5.75 Å². The summed E-state index contributed by atoms with van der Waals surface area (Å²) in [7, 11) is 0.122. The summed E-state index contributed by atoms with van der Waals surface area (Å²) in [6.07, 6.45) is 12.8. The summed E-state index contributed by atoms with van der Waals surface area (Å²) in [4.78, 5) is 32.8. The smallest absolute Gasteiger partial charge is 0.265 e. The number of hydrogen-bond donors (Lipinski definition) is 1. The Hall–Kier alpha value is -3.37. The zero-order chi connectivity index (χ0) is 31.9. The zero-order valence-corrected chi connectivity index (χ0v) is 27.9. The van der Waals surface area contributed by atoms with E-state index in [1.165, 1.54) is 31.7 Å². The Labute approximate surface area is 271 Å². The first-order valence-electron chi connectivity index (χ1n) is 17.1. The Morgan fingerprint density at radius 3 is 2.48 bits per heavy atom. The summed E-state index contributed by atoms with van der Waals surface area (Å²) < 4.78 is 35.5. The molecule has 1 N–H and O–H groups in total. The van der Waals surface area contributed by atoms with Gasteiger partial charge in [0.05, 0.1) is 29.9 Å². The van der Waals surface area contributed by atoms with E-state index in [0.29, 0.717) is 24.5 Å². The van der Waals surface area contributed by atoms with Crippen LogP contribution in [0, 0.1) is 5.92 Å². The summed E-state index contributed by atoms with van der Waals surface area (Å²) >= 11 is 0. The summed E-state index contributed by atoms with van der Waals surface area (Å²) in [5, 5.41) is 1.05. The average Bonchev–Trinajstić information content (AvgIpc) is 3.59. The maximum absolute atomic E-state index is 14.8. The zero-order valence-electron chi connectivity index (χ0n) is 27.0. The van der Waals surface area contributed by atoms with Crippen molar-refractivity contribution in [1.82, 2.24) is 19.1 Å². The minimum absolute atomic E-state index is 0.170. The maximum atomic E-state index is 14.8. The highest BCUT2D eigenvalue weighted by Gasteiger charge is 2.50. The van der Waals surface area contributed by atoms with E-state index >= 15 is 0 Å². The van der Waals surface area contributed by atoms with Gasteiger partial charge in [0.15, 0.2) is 0 Å². The lowest BCUT2D eigenvalue weighted by molar-refractivity contribution is -0.141. The summed E-state index contributed by atoms with van der Waals surface area (Å²) in [5.41, 5.74) is 6.65. The van der Waals surface area contributed by atoms with E-state index in [1.807, 2.05) is 0 Å². The number of amides is 2. The number of sulfonamides is 1. The van der Waals surface area contributed by atoms with Gasteiger partial charge in [0.2, 0.25) is 15.9 Å². The standard InChI is InChI=1S/C36H44N4O5S/c1-4-46(43,44)37-35(41)33-28-20-39-29(17-27-30(45-3)16-15-24(34(27)39)21-9-6-5-7-10-21)31-25(32(28)33)11-8-12-26(31)36(42)40-22-13-14-23(40)19-38(2)18-22/h8,11,15-17,21-23,26,31H,4-7,9-10,12-14,18-20H2,1-3H3,(H,37,41)/t22?,23?,26-,31?/m1/s1. The van der Waals surface area contributed by atoms with E-state index in [2.05, 4.69) is 56.5 Å². The number of nitrogens with one attached hydrogen (secondary N) is 1. The van der Waals surface area contributed by atoms with Gasteiger partial charge in [-0.25, -0.2) is 13.1 Å². The maximum Gasteiger partial charge on any atom is 0.265 e. The number of nitrogens with zero attached hydrogens (tertiary/aromatic N) is 3. The number of ether oxygens (including phenoxy) is 1. The molecule has 6 aliphatic rings. The van der Waals surface area contributed by atoms with E-state index < -0.39 is 15.9 Å². The normalized spacial score (nSPS) is 27.8. The minimum Gasteiger partial charge on any atom is -0.496 e. The lowest BCUT2D eigenvalue weighted by Gasteiger charge is -2.43. The van der Waals surface area contributed by atoms with Crippen LogP contribution in [0.25, 0.3) is 10.9 Å². The van der Waals surface area contributed by atoms with Crippen LogP contribution >= 0.6 is 0 Å². The van der Waals surface area contributed by atoms with Crippen molar-refractivity contribution in [3.63, 3.8) is 0 Å². The van der Waals surface area contributed by atoms with Crippen LogP contribution in [0.3, 0.4) is 0 Å². The van der Waals surface area contributed by atoms with Crippen LogP contribution in [0.1, 0.15) is 81.4 Å². The molecular formula is C36H44N4O5S. The first-order valence-corrected chi connectivity index (χ1v) is 18.8. The number of carbonyl (C=O) groups is 2. The van der Waals surface area contributed by atoms with Crippen LogP contribution in [0.4, 0.5) is 0 Å². The van der Waals surface area contributed by atoms with Gasteiger partial charge in [-0.05, 0) is 86.4 Å². The molecule has 2 bridgehead atoms. The largest absolute Gasteiger partial charge is 0.496 e. The number of methoxy groups -OCH3 is 1. The molecule has 0 spiro atoms. The fourth-order valence-electron chi connectivity index (χ4n) is 9.44. The number of benzene rings is 1. The van der Waals surface area contributed by atoms with E-state index in [9.17, 15) is 18.0 Å². The highest BCUT2D eigenvalue weighted by atomic mass is 32.2. The van der Waals surface area contributed by atoms with Crippen LogP contribution < -0.4 is 9.46 Å². The molecule has 1 aromatic heterocycles.